The predicted octanol–water partition coefficient (Wildman–Crippen LogP) is 1.52. The monoisotopic (exact) mass is 287 g/mol. The van der Waals surface area contributed by atoms with Gasteiger partial charge in [-0.2, -0.15) is 0 Å². The Labute approximate surface area is 120 Å². The summed E-state index contributed by atoms with van der Waals surface area (Å²) < 4.78 is 9.74. The summed E-state index contributed by atoms with van der Waals surface area (Å²) in [5, 5.41) is 2.60. The molecule has 1 heterocycles. The molecule has 1 aromatic carbocycles. The number of aromatic nitrogens is 2. The summed E-state index contributed by atoms with van der Waals surface area (Å²) in [6, 6.07) is 4.66. The number of nitrogens with one attached hydrogen (secondary N) is 1. The van der Waals surface area contributed by atoms with Crippen molar-refractivity contribution in [1.82, 2.24) is 9.97 Å². The molecule has 7 heteroatoms. The van der Waals surface area contributed by atoms with Gasteiger partial charge in [0.2, 0.25) is 0 Å². The van der Waals surface area contributed by atoms with Crippen LogP contribution in [0.1, 0.15) is 20.8 Å². The molecule has 0 saturated carbocycles. The van der Waals surface area contributed by atoms with Crippen molar-refractivity contribution in [3.63, 3.8) is 0 Å². The van der Waals surface area contributed by atoms with Crippen molar-refractivity contribution in [3.8, 4) is 5.75 Å². The molecule has 0 bridgehead atoms. The van der Waals surface area contributed by atoms with Gasteiger partial charge in [0.25, 0.3) is 5.91 Å². The van der Waals surface area contributed by atoms with Crippen molar-refractivity contribution in [2.24, 2.45) is 0 Å². The van der Waals surface area contributed by atoms with E-state index >= 15 is 0 Å². The van der Waals surface area contributed by atoms with Gasteiger partial charge in [-0.1, -0.05) is 0 Å². The molecule has 1 N–H and O–H groups in total. The van der Waals surface area contributed by atoms with E-state index in [2.05, 4.69) is 20.0 Å². The Balaban J connectivity index is 2.31. The maximum Gasteiger partial charge on any atom is 0.340 e. The number of amides is 1. The van der Waals surface area contributed by atoms with E-state index in [0.717, 1.165) is 0 Å². The molecule has 0 aliphatic heterocycles. The molecule has 0 spiro atoms. The number of hydrogen-bond acceptors (Lipinski definition) is 6. The molecule has 2 rings (SSSR count). The average molecular weight is 287 g/mol. The fourth-order valence-electron chi connectivity index (χ4n) is 1.64. The van der Waals surface area contributed by atoms with Crippen LogP contribution >= 0.6 is 0 Å². The number of carbonyl (C=O) groups excluding carboxylic acids is 2. The van der Waals surface area contributed by atoms with Gasteiger partial charge in [-0.05, 0) is 18.2 Å². The SMILES string of the molecule is COC(=O)c1cc(OC)ccc1NC(=O)c1cnccn1. The molecule has 1 aromatic heterocycles. The number of rotatable bonds is 4. The maximum absolute atomic E-state index is 12.0. The van der Waals surface area contributed by atoms with Crippen molar-refractivity contribution in [2.45, 2.75) is 0 Å². The Morgan fingerprint density at radius 3 is 2.62 bits per heavy atom. The van der Waals surface area contributed by atoms with Crippen LogP contribution in [0, 0.1) is 0 Å². The Morgan fingerprint density at radius 1 is 1.19 bits per heavy atom. The van der Waals surface area contributed by atoms with E-state index in [0.29, 0.717) is 11.4 Å². The quantitative estimate of drug-likeness (QED) is 0.857. The smallest absolute Gasteiger partial charge is 0.340 e. The first kappa shape index (κ1) is 14.4. The average Bonchev–Trinajstić information content (AvgIpc) is 2.55. The molecule has 1 amide bonds. The third kappa shape index (κ3) is 3.33. The van der Waals surface area contributed by atoms with E-state index in [1.807, 2.05) is 0 Å². The molecule has 21 heavy (non-hydrogen) atoms. The molecule has 7 nitrogen and oxygen atoms in total. The molecule has 2 aromatic rings. The zero-order valence-corrected chi connectivity index (χ0v) is 11.5. The standard InChI is InChI=1S/C14H13N3O4/c1-20-9-3-4-11(10(7-9)14(19)21-2)17-13(18)12-8-15-5-6-16-12/h3-8H,1-2H3,(H,17,18). The largest absolute Gasteiger partial charge is 0.497 e. The molecular weight excluding hydrogens is 274 g/mol. The lowest BCUT2D eigenvalue weighted by Crippen LogP contribution is -2.16. The summed E-state index contributed by atoms with van der Waals surface area (Å²) in [6.45, 7) is 0. The Hall–Kier alpha value is -2.96. The van der Waals surface area contributed by atoms with Crippen LogP contribution in [0.5, 0.6) is 5.75 Å². The van der Waals surface area contributed by atoms with Crippen molar-refractivity contribution >= 4 is 17.6 Å². The fraction of sp³-hybridized carbons (Fsp3) is 0.143. The zero-order chi connectivity index (χ0) is 15.2. The van der Waals surface area contributed by atoms with Gasteiger partial charge in [-0.25, -0.2) is 9.78 Å². The van der Waals surface area contributed by atoms with Crippen molar-refractivity contribution in [1.29, 1.82) is 0 Å². The summed E-state index contributed by atoms with van der Waals surface area (Å²) in [7, 11) is 2.74. The minimum absolute atomic E-state index is 0.143. The lowest BCUT2D eigenvalue weighted by molar-refractivity contribution is 0.0601. The van der Waals surface area contributed by atoms with Crippen LogP contribution in [0.2, 0.25) is 0 Å². The van der Waals surface area contributed by atoms with E-state index in [9.17, 15) is 9.59 Å². The number of ether oxygens (including phenoxy) is 2. The highest BCUT2D eigenvalue weighted by molar-refractivity contribution is 6.07. The van der Waals surface area contributed by atoms with E-state index < -0.39 is 11.9 Å². The van der Waals surface area contributed by atoms with Gasteiger partial charge in [0.1, 0.15) is 11.4 Å². The number of anilines is 1. The summed E-state index contributed by atoms with van der Waals surface area (Å²) in [6.07, 6.45) is 4.20. The van der Waals surface area contributed by atoms with Gasteiger partial charge in [0.05, 0.1) is 31.7 Å². The first-order valence-corrected chi connectivity index (χ1v) is 5.99. The van der Waals surface area contributed by atoms with E-state index in [4.69, 9.17) is 4.74 Å². The van der Waals surface area contributed by atoms with Crippen LogP contribution in [-0.2, 0) is 4.74 Å². The van der Waals surface area contributed by atoms with Gasteiger partial charge in [-0.3, -0.25) is 9.78 Å². The Kier molecular flexibility index (Phi) is 4.45. The molecule has 0 unspecified atom stereocenters. The third-order valence-corrected chi connectivity index (χ3v) is 2.68. The summed E-state index contributed by atoms with van der Waals surface area (Å²) >= 11 is 0. The van der Waals surface area contributed by atoms with Gasteiger partial charge in [0.15, 0.2) is 0 Å². The highest BCUT2D eigenvalue weighted by Gasteiger charge is 2.16. The highest BCUT2D eigenvalue weighted by Crippen LogP contribution is 2.23. The number of benzene rings is 1. The lowest BCUT2D eigenvalue weighted by atomic mass is 10.1. The van der Waals surface area contributed by atoms with E-state index in [-0.39, 0.29) is 11.3 Å². The second-order valence-electron chi connectivity index (χ2n) is 3.95. The number of hydrogen-bond donors (Lipinski definition) is 1. The zero-order valence-electron chi connectivity index (χ0n) is 11.5. The number of carbonyl (C=O) groups is 2. The lowest BCUT2D eigenvalue weighted by Gasteiger charge is -2.11. The molecule has 0 aliphatic carbocycles. The van der Waals surface area contributed by atoms with Crippen molar-refractivity contribution < 1.29 is 19.1 Å². The summed E-state index contributed by atoms with van der Waals surface area (Å²) in [5.41, 5.74) is 0.636. The molecule has 0 saturated heterocycles. The number of nitrogens with zero attached hydrogens (tertiary/aromatic N) is 2. The van der Waals surface area contributed by atoms with E-state index in [1.54, 1.807) is 12.1 Å². The normalized spacial score (nSPS) is 9.81. The third-order valence-electron chi connectivity index (χ3n) is 2.68. The van der Waals surface area contributed by atoms with Crippen molar-refractivity contribution in [3.05, 3.63) is 48.0 Å². The Bertz CT molecular complexity index is 659. The van der Waals surface area contributed by atoms with E-state index in [1.165, 1.54) is 38.9 Å². The van der Waals surface area contributed by atoms with Crippen LogP contribution in [0.25, 0.3) is 0 Å². The Morgan fingerprint density at radius 2 is 2.00 bits per heavy atom. The second-order valence-corrected chi connectivity index (χ2v) is 3.95. The minimum atomic E-state index is -0.580. The van der Waals surface area contributed by atoms with Gasteiger partial charge in [0, 0.05) is 12.4 Å². The first-order chi connectivity index (χ1) is 10.2. The topological polar surface area (TPSA) is 90.4 Å². The maximum atomic E-state index is 12.0. The molecule has 0 atom stereocenters. The van der Waals surface area contributed by atoms with Crippen LogP contribution in [-0.4, -0.2) is 36.1 Å². The summed E-state index contributed by atoms with van der Waals surface area (Å²) in [4.78, 5) is 31.5. The van der Waals surface area contributed by atoms with Gasteiger partial charge >= 0.3 is 5.97 Å². The number of methoxy groups -OCH3 is 2. The molecule has 108 valence electrons. The first-order valence-electron chi connectivity index (χ1n) is 5.99. The number of esters is 1. The summed E-state index contributed by atoms with van der Waals surface area (Å²) in [5.74, 6) is -0.574. The molecule has 0 aliphatic rings. The predicted molar refractivity (Wildman–Crippen MR) is 74.3 cm³/mol. The second kappa shape index (κ2) is 6.47. The minimum Gasteiger partial charge on any atom is -0.497 e. The van der Waals surface area contributed by atoms with Crippen molar-refractivity contribution in [2.75, 3.05) is 19.5 Å². The highest BCUT2D eigenvalue weighted by atomic mass is 16.5. The van der Waals surface area contributed by atoms with Gasteiger partial charge in [-0.15, -0.1) is 0 Å². The molecule has 0 fully saturated rings. The molecule has 0 radical (unpaired) electrons. The fourth-order valence-corrected chi connectivity index (χ4v) is 1.64. The molecular formula is C14H13N3O4. The van der Waals surface area contributed by atoms with Gasteiger partial charge < -0.3 is 14.8 Å². The van der Waals surface area contributed by atoms with Crippen LogP contribution in [0.3, 0.4) is 0 Å². The van der Waals surface area contributed by atoms with Crippen LogP contribution in [0.15, 0.2) is 36.8 Å². The van der Waals surface area contributed by atoms with Crippen LogP contribution < -0.4 is 10.1 Å². The van der Waals surface area contributed by atoms with Crippen LogP contribution in [0.4, 0.5) is 5.69 Å².